The van der Waals surface area contributed by atoms with Gasteiger partial charge in [0, 0.05) is 32.0 Å². The summed E-state index contributed by atoms with van der Waals surface area (Å²) < 4.78 is 15.7. The highest BCUT2D eigenvalue weighted by Gasteiger charge is 2.01. The molecule has 0 unspecified atom stereocenters. The van der Waals surface area contributed by atoms with Gasteiger partial charge in [-0.3, -0.25) is 0 Å². The Morgan fingerprint density at radius 1 is 1.21 bits per heavy atom. The van der Waals surface area contributed by atoms with E-state index in [-0.39, 0.29) is 0 Å². The summed E-state index contributed by atoms with van der Waals surface area (Å²) in [4.78, 5) is 0. The topological polar surface area (TPSA) is 65.7 Å². The molecule has 1 aromatic rings. The molecule has 1 aromatic carbocycles. The van der Waals surface area contributed by atoms with E-state index in [0.717, 1.165) is 31.0 Å². The summed E-state index contributed by atoms with van der Waals surface area (Å²) in [5.74, 6) is 0.726. The van der Waals surface area contributed by atoms with E-state index in [1.54, 1.807) is 7.11 Å². The van der Waals surface area contributed by atoms with Crippen LogP contribution >= 0.6 is 0 Å². The monoisotopic (exact) mass is 268 g/mol. The molecule has 0 fully saturated rings. The van der Waals surface area contributed by atoms with Crippen molar-refractivity contribution in [2.75, 3.05) is 51.1 Å². The molecule has 0 bridgehead atoms. The molecule has 5 nitrogen and oxygen atoms in total. The largest absolute Gasteiger partial charge is 0.492 e. The number of nitrogen functional groups attached to an aromatic ring is 1. The predicted octanol–water partition coefficient (Wildman–Crippen LogP) is 2.13. The van der Waals surface area contributed by atoms with Crippen LogP contribution in [0.2, 0.25) is 0 Å². The molecular formula is C14H24N2O3. The first-order valence-electron chi connectivity index (χ1n) is 6.60. The Balaban J connectivity index is 2.23. The molecule has 0 radical (unpaired) electrons. The van der Waals surface area contributed by atoms with E-state index in [9.17, 15) is 0 Å². The van der Waals surface area contributed by atoms with Crippen LogP contribution in [0.4, 0.5) is 11.4 Å². The third-order valence-corrected chi connectivity index (χ3v) is 2.54. The zero-order valence-corrected chi connectivity index (χ0v) is 11.8. The van der Waals surface area contributed by atoms with Crippen molar-refractivity contribution in [2.24, 2.45) is 0 Å². The van der Waals surface area contributed by atoms with Crippen molar-refractivity contribution >= 4 is 11.4 Å². The minimum atomic E-state index is 0.612. The lowest BCUT2D eigenvalue weighted by Gasteiger charge is -2.11. The van der Waals surface area contributed by atoms with Gasteiger partial charge in [-0.25, -0.2) is 0 Å². The summed E-state index contributed by atoms with van der Waals surface area (Å²) in [7, 11) is 1.67. The van der Waals surface area contributed by atoms with E-state index in [0.29, 0.717) is 25.5 Å². The molecule has 0 atom stereocenters. The molecule has 0 saturated carbocycles. The summed E-state index contributed by atoms with van der Waals surface area (Å²) in [5.41, 5.74) is 7.48. The first-order valence-corrected chi connectivity index (χ1v) is 6.60. The number of methoxy groups -OCH3 is 1. The number of ether oxygens (including phenoxy) is 3. The highest BCUT2D eigenvalue weighted by atomic mass is 16.5. The van der Waals surface area contributed by atoms with Crippen molar-refractivity contribution in [3.63, 3.8) is 0 Å². The lowest BCUT2D eigenvalue weighted by atomic mass is 10.2. The van der Waals surface area contributed by atoms with E-state index in [4.69, 9.17) is 19.9 Å². The van der Waals surface area contributed by atoms with Gasteiger partial charge in [0.05, 0.1) is 25.5 Å². The summed E-state index contributed by atoms with van der Waals surface area (Å²) in [6, 6.07) is 5.72. The third-order valence-electron chi connectivity index (χ3n) is 2.54. The molecule has 0 spiro atoms. The number of rotatable bonds is 10. The van der Waals surface area contributed by atoms with Gasteiger partial charge in [-0.15, -0.1) is 0 Å². The number of benzene rings is 1. The molecule has 108 valence electrons. The lowest BCUT2D eigenvalue weighted by Crippen LogP contribution is -2.08. The van der Waals surface area contributed by atoms with Crippen molar-refractivity contribution in [3.8, 4) is 5.75 Å². The first-order chi connectivity index (χ1) is 9.27. The van der Waals surface area contributed by atoms with Gasteiger partial charge in [-0.05, 0) is 25.5 Å². The van der Waals surface area contributed by atoms with Crippen LogP contribution in [-0.4, -0.2) is 40.1 Å². The quantitative estimate of drug-likeness (QED) is 0.502. The zero-order chi connectivity index (χ0) is 13.9. The highest BCUT2D eigenvalue weighted by molar-refractivity contribution is 5.61. The van der Waals surface area contributed by atoms with Gasteiger partial charge in [-0.2, -0.15) is 0 Å². The van der Waals surface area contributed by atoms with Gasteiger partial charge < -0.3 is 25.3 Å². The molecule has 0 aliphatic rings. The molecule has 0 saturated heterocycles. The van der Waals surface area contributed by atoms with Crippen LogP contribution in [0.1, 0.15) is 13.3 Å². The Bertz CT molecular complexity index is 359. The van der Waals surface area contributed by atoms with E-state index in [2.05, 4.69) is 5.32 Å². The van der Waals surface area contributed by atoms with Gasteiger partial charge in [0.1, 0.15) is 5.75 Å². The summed E-state index contributed by atoms with van der Waals surface area (Å²) in [6.45, 7) is 5.42. The normalized spacial score (nSPS) is 10.4. The fraction of sp³-hybridized carbons (Fsp3) is 0.571. The van der Waals surface area contributed by atoms with E-state index in [1.807, 2.05) is 25.1 Å². The molecule has 19 heavy (non-hydrogen) atoms. The molecular weight excluding hydrogens is 244 g/mol. The van der Waals surface area contributed by atoms with Crippen molar-refractivity contribution in [2.45, 2.75) is 13.3 Å². The van der Waals surface area contributed by atoms with E-state index in [1.165, 1.54) is 0 Å². The zero-order valence-electron chi connectivity index (χ0n) is 11.8. The SMILES string of the molecule is CCOc1cc(NCCCOCCOC)ccc1N. The van der Waals surface area contributed by atoms with E-state index < -0.39 is 0 Å². The van der Waals surface area contributed by atoms with Gasteiger partial charge in [-0.1, -0.05) is 0 Å². The highest BCUT2D eigenvalue weighted by Crippen LogP contribution is 2.25. The Morgan fingerprint density at radius 3 is 2.79 bits per heavy atom. The smallest absolute Gasteiger partial charge is 0.144 e. The van der Waals surface area contributed by atoms with Crippen LogP contribution in [0, 0.1) is 0 Å². The lowest BCUT2D eigenvalue weighted by molar-refractivity contribution is 0.0705. The van der Waals surface area contributed by atoms with Crippen molar-refractivity contribution in [3.05, 3.63) is 18.2 Å². The molecule has 5 heteroatoms. The molecule has 0 amide bonds. The average Bonchev–Trinajstić information content (AvgIpc) is 2.41. The number of nitrogens with two attached hydrogens (primary N) is 1. The second-order valence-corrected chi connectivity index (χ2v) is 4.07. The maximum Gasteiger partial charge on any atom is 0.144 e. The summed E-state index contributed by atoms with van der Waals surface area (Å²) in [5, 5.41) is 3.31. The predicted molar refractivity (Wildman–Crippen MR) is 77.8 cm³/mol. The summed E-state index contributed by atoms with van der Waals surface area (Å²) in [6.07, 6.45) is 0.943. The van der Waals surface area contributed by atoms with Crippen molar-refractivity contribution in [1.82, 2.24) is 0 Å². The Hall–Kier alpha value is -1.46. The van der Waals surface area contributed by atoms with E-state index >= 15 is 0 Å². The maximum absolute atomic E-state index is 5.81. The Morgan fingerprint density at radius 2 is 2.05 bits per heavy atom. The van der Waals surface area contributed by atoms with Crippen LogP contribution in [0.15, 0.2) is 18.2 Å². The Labute approximate surface area is 115 Å². The van der Waals surface area contributed by atoms with Crippen LogP contribution in [-0.2, 0) is 9.47 Å². The standard InChI is InChI=1S/C14H24N2O3/c1-3-19-14-11-12(5-6-13(14)15)16-7-4-8-18-10-9-17-2/h5-6,11,16H,3-4,7-10,15H2,1-2H3. The summed E-state index contributed by atoms with van der Waals surface area (Å²) >= 11 is 0. The van der Waals surface area contributed by atoms with Gasteiger partial charge in [0.25, 0.3) is 0 Å². The van der Waals surface area contributed by atoms with Crippen molar-refractivity contribution < 1.29 is 14.2 Å². The number of hydrogen-bond donors (Lipinski definition) is 2. The molecule has 0 aliphatic heterocycles. The molecule has 3 N–H and O–H groups in total. The second kappa shape index (κ2) is 9.47. The Kier molecular flexibility index (Phi) is 7.77. The maximum atomic E-state index is 5.81. The first kappa shape index (κ1) is 15.6. The molecule has 1 rings (SSSR count). The molecule has 0 heterocycles. The van der Waals surface area contributed by atoms with Gasteiger partial charge in [0.2, 0.25) is 0 Å². The minimum Gasteiger partial charge on any atom is -0.492 e. The van der Waals surface area contributed by atoms with Crippen LogP contribution < -0.4 is 15.8 Å². The number of anilines is 2. The minimum absolute atomic E-state index is 0.612. The van der Waals surface area contributed by atoms with Crippen LogP contribution in [0.3, 0.4) is 0 Å². The van der Waals surface area contributed by atoms with Crippen LogP contribution in [0.25, 0.3) is 0 Å². The fourth-order valence-corrected chi connectivity index (χ4v) is 1.58. The fourth-order valence-electron chi connectivity index (χ4n) is 1.58. The number of hydrogen-bond acceptors (Lipinski definition) is 5. The molecule has 0 aromatic heterocycles. The van der Waals surface area contributed by atoms with Crippen LogP contribution in [0.5, 0.6) is 5.75 Å². The van der Waals surface area contributed by atoms with Gasteiger partial charge >= 0.3 is 0 Å². The second-order valence-electron chi connectivity index (χ2n) is 4.07. The average molecular weight is 268 g/mol. The van der Waals surface area contributed by atoms with Crippen molar-refractivity contribution in [1.29, 1.82) is 0 Å². The van der Waals surface area contributed by atoms with Gasteiger partial charge in [0.15, 0.2) is 0 Å². The molecule has 0 aliphatic carbocycles. The number of nitrogens with one attached hydrogen (secondary N) is 1. The third kappa shape index (κ3) is 6.31.